The average Bonchev–Trinajstić information content (AvgIpc) is 3.25. The molecular formula is C20H26N6O2. The topological polar surface area (TPSA) is 86.9 Å². The van der Waals surface area contributed by atoms with Crippen LogP contribution in [0.4, 0.5) is 5.82 Å². The van der Waals surface area contributed by atoms with Gasteiger partial charge in [0.25, 0.3) is 5.91 Å². The monoisotopic (exact) mass is 382 g/mol. The second kappa shape index (κ2) is 7.35. The van der Waals surface area contributed by atoms with Gasteiger partial charge < -0.3 is 10.1 Å². The number of aromatic nitrogens is 5. The van der Waals surface area contributed by atoms with Gasteiger partial charge in [-0.2, -0.15) is 10.2 Å². The number of hydrogen-bond acceptors (Lipinski definition) is 5. The Morgan fingerprint density at radius 3 is 2.89 bits per heavy atom. The third-order valence-electron chi connectivity index (χ3n) is 5.15. The van der Waals surface area contributed by atoms with Gasteiger partial charge in [0.2, 0.25) is 0 Å². The molecule has 0 aliphatic carbocycles. The van der Waals surface area contributed by atoms with E-state index in [1.807, 2.05) is 38.6 Å². The molecule has 8 heteroatoms. The predicted molar refractivity (Wildman–Crippen MR) is 107 cm³/mol. The molecule has 1 fully saturated rings. The van der Waals surface area contributed by atoms with E-state index in [1.54, 1.807) is 16.9 Å². The van der Waals surface area contributed by atoms with Gasteiger partial charge in [0.15, 0.2) is 5.65 Å². The highest BCUT2D eigenvalue weighted by atomic mass is 16.5. The van der Waals surface area contributed by atoms with Crippen LogP contribution in [0, 0.1) is 6.92 Å². The van der Waals surface area contributed by atoms with Crippen LogP contribution in [0.5, 0.6) is 0 Å². The van der Waals surface area contributed by atoms with E-state index in [1.165, 1.54) is 0 Å². The molecule has 3 aromatic heterocycles. The number of anilines is 1. The van der Waals surface area contributed by atoms with Crippen molar-refractivity contribution in [2.45, 2.75) is 45.6 Å². The van der Waals surface area contributed by atoms with E-state index in [0.29, 0.717) is 18.0 Å². The first-order valence-corrected chi connectivity index (χ1v) is 9.72. The molecule has 0 radical (unpaired) electrons. The zero-order valence-corrected chi connectivity index (χ0v) is 16.8. The van der Waals surface area contributed by atoms with Crippen molar-refractivity contribution in [1.82, 2.24) is 24.5 Å². The lowest BCUT2D eigenvalue weighted by molar-refractivity contribution is 0.0791. The Kier molecular flexibility index (Phi) is 4.89. The molecule has 1 unspecified atom stereocenters. The van der Waals surface area contributed by atoms with Crippen LogP contribution in [0.25, 0.3) is 11.0 Å². The highest BCUT2D eigenvalue weighted by molar-refractivity contribution is 6.11. The molecule has 0 spiro atoms. The summed E-state index contributed by atoms with van der Waals surface area (Å²) in [7, 11) is 1.84. The van der Waals surface area contributed by atoms with Crippen LogP contribution < -0.4 is 5.32 Å². The fraction of sp³-hybridized carbons (Fsp3) is 0.500. The maximum atomic E-state index is 13.1. The normalized spacial score (nSPS) is 17.4. The molecule has 8 nitrogen and oxygen atoms in total. The van der Waals surface area contributed by atoms with Crippen LogP contribution in [-0.2, 0) is 11.8 Å². The van der Waals surface area contributed by atoms with Crippen LogP contribution in [0.15, 0.2) is 18.3 Å². The molecule has 1 aliphatic heterocycles. The van der Waals surface area contributed by atoms with Gasteiger partial charge in [-0.15, -0.1) is 0 Å². The molecule has 4 heterocycles. The molecule has 0 aromatic carbocycles. The lowest BCUT2D eigenvalue weighted by Gasteiger charge is -2.19. The number of hydrogen-bond donors (Lipinski definition) is 1. The maximum Gasteiger partial charge on any atom is 0.257 e. The average molecular weight is 382 g/mol. The molecule has 1 amide bonds. The summed E-state index contributed by atoms with van der Waals surface area (Å²) in [5, 5.41) is 12.7. The predicted octanol–water partition coefficient (Wildman–Crippen LogP) is 3.20. The number of fused-ring (bicyclic) bond motifs is 1. The standard InChI is InChI=1S/C20H26N6O2/c1-12(2)26-19-16(10-21-26)15(8-13(3)22-19)20(27)23-18-9-17(24-25(18)4)14-6-5-7-28-11-14/h8-10,12,14H,5-7,11H2,1-4H3,(H,23,27). The molecule has 4 rings (SSSR count). The molecular weight excluding hydrogens is 356 g/mol. The zero-order chi connectivity index (χ0) is 19.8. The molecule has 28 heavy (non-hydrogen) atoms. The fourth-order valence-electron chi connectivity index (χ4n) is 3.67. The van der Waals surface area contributed by atoms with Gasteiger partial charge in [-0.25, -0.2) is 9.67 Å². The van der Waals surface area contributed by atoms with Crippen molar-refractivity contribution in [1.29, 1.82) is 0 Å². The minimum atomic E-state index is -0.187. The Hall–Kier alpha value is -2.74. The van der Waals surface area contributed by atoms with Crippen molar-refractivity contribution in [2.24, 2.45) is 7.05 Å². The highest BCUT2D eigenvalue weighted by Crippen LogP contribution is 2.27. The van der Waals surface area contributed by atoms with Crippen molar-refractivity contribution < 1.29 is 9.53 Å². The third-order valence-corrected chi connectivity index (χ3v) is 5.15. The quantitative estimate of drug-likeness (QED) is 0.749. The number of pyridine rings is 1. The summed E-state index contributed by atoms with van der Waals surface area (Å²) < 4.78 is 9.12. The first-order chi connectivity index (χ1) is 13.4. The smallest absolute Gasteiger partial charge is 0.257 e. The first-order valence-electron chi connectivity index (χ1n) is 9.72. The highest BCUT2D eigenvalue weighted by Gasteiger charge is 2.22. The van der Waals surface area contributed by atoms with Gasteiger partial charge in [0.1, 0.15) is 5.82 Å². The zero-order valence-electron chi connectivity index (χ0n) is 16.8. The van der Waals surface area contributed by atoms with Gasteiger partial charge >= 0.3 is 0 Å². The van der Waals surface area contributed by atoms with Crippen LogP contribution in [0.2, 0.25) is 0 Å². The summed E-state index contributed by atoms with van der Waals surface area (Å²) in [4.78, 5) is 17.6. The molecule has 1 N–H and O–H groups in total. The third kappa shape index (κ3) is 3.40. The minimum Gasteiger partial charge on any atom is -0.381 e. The summed E-state index contributed by atoms with van der Waals surface area (Å²) in [5.41, 5.74) is 3.04. The number of rotatable bonds is 4. The number of carbonyl (C=O) groups excluding carboxylic acids is 1. The molecule has 148 valence electrons. The fourth-order valence-corrected chi connectivity index (χ4v) is 3.67. The number of aryl methyl sites for hydroxylation is 2. The van der Waals surface area contributed by atoms with Gasteiger partial charge in [0, 0.05) is 37.4 Å². The Labute approximate surface area is 163 Å². The van der Waals surface area contributed by atoms with Gasteiger partial charge in [-0.05, 0) is 39.7 Å². The number of ether oxygens (including phenoxy) is 1. The van der Waals surface area contributed by atoms with Crippen molar-refractivity contribution in [3.05, 3.63) is 35.3 Å². The van der Waals surface area contributed by atoms with Gasteiger partial charge in [0.05, 0.1) is 29.4 Å². The molecule has 0 bridgehead atoms. The van der Waals surface area contributed by atoms with E-state index in [-0.39, 0.29) is 17.9 Å². The summed E-state index contributed by atoms with van der Waals surface area (Å²) in [6.45, 7) is 7.47. The molecule has 0 saturated carbocycles. The first kappa shape index (κ1) is 18.6. The molecule has 1 saturated heterocycles. The van der Waals surface area contributed by atoms with Crippen LogP contribution in [-0.4, -0.2) is 43.7 Å². The number of nitrogens with zero attached hydrogens (tertiary/aromatic N) is 5. The largest absolute Gasteiger partial charge is 0.381 e. The lowest BCUT2D eigenvalue weighted by atomic mass is 9.99. The lowest BCUT2D eigenvalue weighted by Crippen LogP contribution is -2.16. The van der Waals surface area contributed by atoms with Gasteiger partial charge in [-0.1, -0.05) is 0 Å². The van der Waals surface area contributed by atoms with E-state index in [4.69, 9.17) is 4.74 Å². The van der Waals surface area contributed by atoms with E-state index in [0.717, 1.165) is 41.9 Å². The van der Waals surface area contributed by atoms with Crippen LogP contribution in [0.1, 0.15) is 60.4 Å². The second-order valence-corrected chi connectivity index (χ2v) is 7.68. The minimum absolute atomic E-state index is 0.167. The Bertz CT molecular complexity index is 1010. The van der Waals surface area contributed by atoms with Gasteiger partial charge in [-0.3, -0.25) is 9.48 Å². The summed E-state index contributed by atoms with van der Waals surface area (Å²) in [5.74, 6) is 0.766. The Balaban J connectivity index is 1.63. The van der Waals surface area contributed by atoms with Crippen molar-refractivity contribution in [3.8, 4) is 0 Å². The van der Waals surface area contributed by atoms with Crippen LogP contribution >= 0.6 is 0 Å². The van der Waals surface area contributed by atoms with Crippen molar-refractivity contribution in [3.63, 3.8) is 0 Å². The number of amides is 1. The second-order valence-electron chi connectivity index (χ2n) is 7.68. The SMILES string of the molecule is Cc1cc(C(=O)Nc2cc(C3CCCOC3)nn2C)c2cnn(C(C)C)c2n1. The summed E-state index contributed by atoms with van der Waals surface area (Å²) in [6.07, 6.45) is 3.81. The van der Waals surface area contributed by atoms with E-state index < -0.39 is 0 Å². The Morgan fingerprint density at radius 1 is 1.36 bits per heavy atom. The Morgan fingerprint density at radius 2 is 2.18 bits per heavy atom. The van der Waals surface area contributed by atoms with E-state index >= 15 is 0 Å². The van der Waals surface area contributed by atoms with Crippen molar-refractivity contribution >= 4 is 22.8 Å². The van der Waals surface area contributed by atoms with E-state index in [2.05, 4.69) is 20.5 Å². The van der Waals surface area contributed by atoms with Crippen molar-refractivity contribution in [2.75, 3.05) is 18.5 Å². The maximum absolute atomic E-state index is 13.1. The van der Waals surface area contributed by atoms with E-state index in [9.17, 15) is 4.79 Å². The molecule has 1 atom stereocenters. The summed E-state index contributed by atoms with van der Waals surface area (Å²) >= 11 is 0. The summed E-state index contributed by atoms with van der Waals surface area (Å²) in [6, 6.07) is 3.91. The number of nitrogens with one attached hydrogen (secondary N) is 1. The molecule has 1 aliphatic rings. The number of carbonyl (C=O) groups is 1. The van der Waals surface area contributed by atoms with Crippen LogP contribution in [0.3, 0.4) is 0 Å². The molecule has 3 aromatic rings.